The van der Waals surface area contributed by atoms with Crippen molar-refractivity contribution in [1.82, 2.24) is 9.97 Å². The summed E-state index contributed by atoms with van der Waals surface area (Å²) in [6, 6.07) is 0. The average molecular weight is 214 g/mol. The third-order valence-electron chi connectivity index (χ3n) is 1.72. The minimum absolute atomic E-state index is 0.218. The fraction of sp³-hybridized carbons (Fsp3) is 0.375. The number of aromatic amines is 1. The minimum atomic E-state index is -1.03. The number of thioether (sulfide) groups is 1. The number of carboxylic acids is 1. The van der Waals surface area contributed by atoms with Gasteiger partial charge in [0.1, 0.15) is 0 Å². The molecule has 0 aliphatic carbocycles. The Morgan fingerprint density at radius 2 is 2.29 bits per heavy atom. The van der Waals surface area contributed by atoms with Crippen LogP contribution in [0, 0.1) is 6.92 Å². The molecule has 14 heavy (non-hydrogen) atoms. The van der Waals surface area contributed by atoms with Crippen molar-refractivity contribution in [2.24, 2.45) is 0 Å². The van der Waals surface area contributed by atoms with Crippen molar-refractivity contribution in [2.45, 2.75) is 18.5 Å². The van der Waals surface area contributed by atoms with E-state index in [-0.39, 0.29) is 17.5 Å². The summed E-state index contributed by atoms with van der Waals surface area (Å²) in [5, 5.41) is 9.06. The third kappa shape index (κ3) is 2.35. The van der Waals surface area contributed by atoms with Gasteiger partial charge >= 0.3 is 5.97 Å². The molecule has 0 bridgehead atoms. The van der Waals surface area contributed by atoms with Crippen LogP contribution in [0.5, 0.6) is 0 Å². The maximum absolute atomic E-state index is 11.4. The highest BCUT2D eigenvalue weighted by atomic mass is 32.2. The lowest BCUT2D eigenvalue weighted by Gasteiger charge is -2.02. The number of aliphatic carboxylic acids is 1. The number of hydrogen-bond acceptors (Lipinski definition) is 4. The Morgan fingerprint density at radius 1 is 1.64 bits per heavy atom. The summed E-state index contributed by atoms with van der Waals surface area (Å²) in [5.41, 5.74) is 0.319. The first-order valence-corrected chi connectivity index (χ1v) is 5.12. The SMILES string of the molecule is CSc1nc(C)c(CC(=O)O)c(=O)[nH]1. The number of aryl methyl sites for hydroxylation is 1. The molecule has 0 amide bonds. The van der Waals surface area contributed by atoms with Crippen LogP contribution in [0.4, 0.5) is 0 Å². The van der Waals surface area contributed by atoms with Gasteiger partial charge in [-0.2, -0.15) is 0 Å². The van der Waals surface area contributed by atoms with Crippen LogP contribution >= 0.6 is 11.8 Å². The van der Waals surface area contributed by atoms with E-state index < -0.39 is 5.97 Å². The van der Waals surface area contributed by atoms with Crippen molar-refractivity contribution >= 4 is 17.7 Å². The van der Waals surface area contributed by atoms with E-state index in [4.69, 9.17) is 5.11 Å². The van der Waals surface area contributed by atoms with Crippen LogP contribution in [0.2, 0.25) is 0 Å². The molecule has 1 heterocycles. The molecular weight excluding hydrogens is 204 g/mol. The van der Waals surface area contributed by atoms with Crippen LogP contribution in [0.3, 0.4) is 0 Å². The van der Waals surface area contributed by atoms with Gasteiger partial charge in [0.15, 0.2) is 5.16 Å². The zero-order valence-electron chi connectivity index (χ0n) is 7.83. The van der Waals surface area contributed by atoms with Crippen molar-refractivity contribution in [2.75, 3.05) is 6.26 Å². The maximum Gasteiger partial charge on any atom is 0.308 e. The molecule has 0 spiro atoms. The maximum atomic E-state index is 11.4. The second-order valence-electron chi connectivity index (χ2n) is 2.71. The van der Waals surface area contributed by atoms with Gasteiger partial charge < -0.3 is 10.1 Å². The van der Waals surface area contributed by atoms with Crippen molar-refractivity contribution in [3.63, 3.8) is 0 Å². The van der Waals surface area contributed by atoms with Gasteiger partial charge in [-0.3, -0.25) is 9.59 Å². The van der Waals surface area contributed by atoms with Gasteiger partial charge in [-0.15, -0.1) is 0 Å². The van der Waals surface area contributed by atoms with E-state index >= 15 is 0 Å². The zero-order chi connectivity index (χ0) is 10.7. The van der Waals surface area contributed by atoms with E-state index in [0.717, 1.165) is 0 Å². The Kier molecular flexibility index (Phi) is 3.29. The fourth-order valence-corrected chi connectivity index (χ4v) is 1.46. The van der Waals surface area contributed by atoms with Gasteiger partial charge in [0, 0.05) is 11.3 Å². The fourth-order valence-electron chi connectivity index (χ4n) is 1.04. The van der Waals surface area contributed by atoms with E-state index in [2.05, 4.69) is 9.97 Å². The van der Waals surface area contributed by atoms with Crippen LogP contribution in [0.25, 0.3) is 0 Å². The lowest BCUT2D eigenvalue weighted by Crippen LogP contribution is -2.20. The van der Waals surface area contributed by atoms with Crippen LogP contribution in [0.1, 0.15) is 11.3 Å². The average Bonchev–Trinajstić information content (AvgIpc) is 2.10. The molecule has 1 aromatic heterocycles. The van der Waals surface area contributed by atoms with Gasteiger partial charge in [0.05, 0.1) is 6.42 Å². The lowest BCUT2D eigenvalue weighted by molar-refractivity contribution is -0.136. The summed E-state index contributed by atoms with van der Waals surface area (Å²) in [6.07, 6.45) is 1.50. The Bertz CT molecular complexity index is 414. The number of carboxylic acid groups (broad SMARTS) is 1. The number of rotatable bonds is 3. The molecule has 1 rings (SSSR count). The van der Waals surface area contributed by atoms with Crippen molar-refractivity contribution < 1.29 is 9.90 Å². The molecule has 5 nitrogen and oxygen atoms in total. The zero-order valence-corrected chi connectivity index (χ0v) is 8.64. The Labute approximate surface area is 84.6 Å². The minimum Gasteiger partial charge on any atom is -0.481 e. The van der Waals surface area contributed by atoms with Crippen LogP contribution in [-0.4, -0.2) is 27.3 Å². The Hall–Kier alpha value is -1.30. The standard InChI is InChI=1S/C8H10N2O3S/c1-4-5(3-6(11)12)7(13)10-8(9-4)14-2/h3H2,1-2H3,(H,11,12)(H,9,10,13). The van der Waals surface area contributed by atoms with Gasteiger partial charge in [0.25, 0.3) is 5.56 Å². The quantitative estimate of drug-likeness (QED) is 0.563. The number of H-pyrrole nitrogens is 1. The molecule has 0 aliphatic rings. The third-order valence-corrected chi connectivity index (χ3v) is 2.30. The van der Waals surface area contributed by atoms with Gasteiger partial charge in [0.2, 0.25) is 0 Å². The monoisotopic (exact) mass is 214 g/mol. The van der Waals surface area contributed by atoms with E-state index in [1.165, 1.54) is 11.8 Å². The molecule has 0 aliphatic heterocycles. The molecule has 0 saturated heterocycles. The highest BCUT2D eigenvalue weighted by Crippen LogP contribution is 2.08. The second-order valence-corrected chi connectivity index (χ2v) is 3.50. The van der Waals surface area contributed by atoms with E-state index in [0.29, 0.717) is 10.9 Å². The lowest BCUT2D eigenvalue weighted by atomic mass is 10.2. The summed E-state index contributed by atoms with van der Waals surface area (Å²) >= 11 is 1.31. The molecule has 0 atom stereocenters. The van der Waals surface area contributed by atoms with Crippen molar-refractivity contribution in [3.8, 4) is 0 Å². The van der Waals surface area contributed by atoms with Crippen LogP contribution < -0.4 is 5.56 Å². The molecule has 0 fully saturated rings. The second kappa shape index (κ2) is 4.28. The number of carbonyl (C=O) groups is 1. The molecule has 0 saturated carbocycles. The predicted molar refractivity (Wildman–Crippen MR) is 52.7 cm³/mol. The Morgan fingerprint density at radius 3 is 2.71 bits per heavy atom. The summed E-state index contributed by atoms with van der Waals surface area (Å²) in [5.74, 6) is -1.03. The summed E-state index contributed by atoms with van der Waals surface area (Å²) in [6.45, 7) is 1.63. The molecule has 0 aromatic carbocycles. The molecule has 6 heteroatoms. The smallest absolute Gasteiger partial charge is 0.308 e. The number of nitrogens with one attached hydrogen (secondary N) is 1. The predicted octanol–water partition coefficient (Wildman–Crippen LogP) is 0.427. The highest BCUT2D eigenvalue weighted by molar-refractivity contribution is 7.98. The highest BCUT2D eigenvalue weighted by Gasteiger charge is 2.10. The van der Waals surface area contributed by atoms with Crippen molar-refractivity contribution in [1.29, 1.82) is 0 Å². The van der Waals surface area contributed by atoms with E-state index in [1.54, 1.807) is 13.2 Å². The molecule has 0 unspecified atom stereocenters. The van der Waals surface area contributed by atoms with Crippen molar-refractivity contribution in [3.05, 3.63) is 21.6 Å². The number of nitrogens with zero attached hydrogens (tertiary/aromatic N) is 1. The molecule has 76 valence electrons. The van der Waals surface area contributed by atoms with Gasteiger partial charge in [-0.05, 0) is 13.2 Å². The first-order chi connectivity index (χ1) is 6.54. The van der Waals surface area contributed by atoms with Crippen LogP contribution in [-0.2, 0) is 11.2 Å². The van der Waals surface area contributed by atoms with E-state index in [9.17, 15) is 9.59 Å². The normalized spacial score (nSPS) is 10.1. The topological polar surface area (TPSA) is 83.0 Å². The Balaban J connectivity index is 3.18. The molecule has 2 N–H and O–H groups in total. The number of hydrogen-bond donors (Lipinski definition) is 2. The van der Waals surface area contributed by atoms with Gasteiger partial charge in [-0.25, -0.2) is 4.98 Å². The molecular formula is C8H10N2O3S. The van der Waals surface area contributed by atoms with Crippen LogP contribution in [0.15, 0.2) is 9.95 Å². The molecule has 0 radical (unpaired) electrons. The van der Waals surface area contributed by atoms with E-state index in [1.807, 2.05) is 0 Å². The van der Waals surface area contributed by atoms with Gasteiger partial charge in [-0.1, -0.05) is 11.8 Å². The summed E-state index contributed by atoms with van der Waals surface area (Å²) in [7, 11) is 0. The first kappa shape index (κ1) is 10.8. The summed E-state index contributed by atoms with van der Waals surface area (Å²) < 4.78 is 0. The largest absolute Gasteiger partial charge is 0.481 e. The summed E-state index contributed by atoms with van der Waals surface area (Å²) in [4.78, 5) is 28.4. The number of aromatic nitrogens is 2. The molecule has 1 aromatic rings. The first-order valence-electron chi connectivity index (χ1n) is 3.90.